The van der Waals surface area contributed by atoms with E-state index in [2.05, 4.69) is 10.2 Å². The summed E-state index contributed by atoms with van der Waals surface area (Å²) in [6, 6.07) is 11.9. The fourth-order valence-corrected chi connectivity index (χ4v) is 2.96. The Morgan fingerprint density at radius 2 is 2.04 bits per heavy atom. The molecular formula is C19H13ClN2O4. The van der Waals surface area contributed by atoms with Crippen molar-refractivity contribution in [2.24, 2.45) is 0 Å². The number of carbonyl (C=O) groups excluding carboxylic acids is 1. The van der Waals surface area contributed by atoms with E-state index >= 15 is 0 Å². The summed E-state index contributed by atoms with van der Waals surface area (Å²) >= 11 is 6.17. The number of aryl methyl sites for hydroxylation is 1. The van der Waals surface area contributed by atoms with Gasteiger partial charge in [-0.3, -0.25) is 5.10 Å². The maximum atomic E-state index is 12.4. The maximum Gasteiger partial charge on any atom is 0.359 e. The molecule has 2 aromatic carbocycles. The van der Waals surface area contributed by atoms with Crippen LogP contribution >= 0.6 is 11.6 Å². The van der Waals surface area contributed by atoms with Gasteiger partial charge in [0.05, 0.1) is 5.52 Å². The second-order valence-electron chi connectivity index (χ2n) is 5.88. The number of nitrogens with zero attached hydrogens (tertiary/aromatic N) is 1. The number of carbonyl (C=O) groups is 1. The first-order chi connectivity index (χ1) is 12.5. The number of hydrogen-bond donors (Lipinski definition) is 1. The zero-order chi connectivity index (χ0) is 18.3. The van der Waals surface area contributed by atoms with E-state index in [4.69, 9.17) is 20.8 Å². The predicted octanol–water partition coefficient (Wildman–Crippen LogP) is 3.99. The molecule has 0 unspecified atom stereocenters. The Bertz CT molecular complexity index is 1210. The van der Waals surface area contributed by atoms with Crippen LogP contribution in [0.5, 0.6) is 0 Å². The van der Waals surface area contributed by atoms with Gasteiger partial charge in [0, 0.05) is 27.4 Å². The minimum absolute atomic E-state index is 0.0957. The molecule has 0 atom stereocenters. The number of ether oxygens (including phenoxy) is 1. The van der Waals surface area contributed by atoms with E-state index < -0.39 is 11.6 Å². The summed E-state index contributed by atoms with van der Waals surface area (Å²) < 4.78 is 10.6. The number of benzene rings is 2. The van der Waals surface area contributed by atoms with Crippen LogP contribution in [0.1, 0.15) is 21.6 Å². The minimum atomic E-state index is -0.581. The van der Waals surface area contributed by atoms with Crippen LogP contribution in [0.25, 0.3) is 21.9 Å². The summed E-state index contributed by atoms with van der Waals surface area (Å²) in [6.45, 7) is 1.72. The summed E-state index contributed by atoms with van der Waals surface area (Å²) in [7, 11) is 0. The van der Waals surface area contributed by atoms with Crippen LogP contribution in [-0.4, -0.2) is 16.2 Å². The third-order valence-electron chi connectivity index (χ3n) is 4.13. The highest BCUT2D eigenvalue weighted by Gasteiger charge is 2.17. The first-order valence-electron chi connectivity index (χ1n) is 7.86. The molecule has 26 heavy (non-hydrogen) atoms. The lowest BCUT2D eigenvalue weighted by molar-refractivity contribution is 0.0469. The molecule has 7 heteroatoms. The third-order valence-corrected chi connectivity index (χ3v) is 4.54. The Balaban J connectivity index is 1.66. The van der Waals surface area contributed by atoms with Crippen LogP contribution in [0.2, 0.25) is 5.02 Å². The molecule has 0 aliphatic heterocycles. The highest BCUT2D eigenvalue weighted by atomic mass is 35.5. The molecule has 0 radical (unpaired) electrons. The summed E-state index contributed by atoms with van der Waals surface area (Å²) in [6.07, 6.45) is 0. The number of H-pyrrole nitrogens is 1. The molecule has 0 saturated carbocycles. The number of halogens is 1. The Hall–Kier alpha value is -3.12. The molecule has 0 spiro atoms. The van der Waals surface area contributed by atoms with E-state index in [1.165, 1.54) is 6.07 Å². The molecular weight excluding hydrogens is 356 g/mol. The number of aromatic amines is 1. The van der Waals surface area contributed by atoms with Gasteiger partial charge in [0.1, 0.15) is 12.2 Å². The Labute approximate surface area is 152 Å². The highest BCUT2D eigenvalue weighted by molar-refractivity contribution is 6.32. The quantitative estimate of drug-likeness (QED) is 0.436. The molecule has 1 N–H and O–H groups in total. The lowest BCUT2D eigenvalue weighted by atomic mass is 10.1. The van der Waals surface area contributed by atoms with Crippen molar-refractivity contribution in [3.05, 3.63) is 74.7 Å². The van der Waals surface area contributed by atoms with Gasteiger partial charge in [0.2, 0.25) is 0 Å². The van der Waals surface area contributed by atoms with Gasteiger partial charge in [-0.05, 0) is 30.7 Å². The van der Waals surface area contributed by atoms with Gasteiger partial charge < -0.3 is 9.15 Å². The van der Waals surface area contributed by atoms with Crippen molar-refractivity contribution >= 4 is 39.4 Å². The standard InChI is InChI=1S/C19H13ClN2O4/c1-10-6-16-13(8-14(10)20)11(7-17(23)26-16)9-25-19(24)18-12-4-2-3-5-15(12)21-22-18/h2-8H,9H2,1H3,(H,21,22). The molecule has 2 aromatic heterocycles. The normalized spacial score (nSPS) is 11.2. The van der Waals surface area contributed by atoms with Crippen molar-refractivity contribution in [1.82, 2.24) is 10.2 Å². The van der Waals surface area contributed by atoms with Crippen molar-refractivity contribution in [1.29, 1.82) is 0 Å². The molecule has 4 aromatic rings. The van der Waals surface area contributed by atoms with E-state index in [-0.39, 0.29) is 12.3 Å². The maximum absolute atomic E-state index is 12.4. The first kappa shape index (κ1) is 16.4. The van der Waals surface area contributed by atoms with Crippen LogP contribution in [0.3, 0.4) is 0 Å². The van der Waals surface area contributed by atoms with Gasteiger partial charge in [-0.25, -0.2) is 9.59 Å². The van der Waals surface area contributed by atoms with Gasteiger partial charge >= 0.3 is 11.6 Å². The fourth-order valence-electron chi connectivity index (χ4n) is 2.80. The topological polar surface area (TPSA) is 85.2 Å². The van der Waals surface area contributed by atoms with Crippen molar-refractivity contribution in [2.75, 3.05) is 0 Å². The van der Waals surface area contributed by atoms with Gasteiger partial charge in [-0.2, -0.15) is 5.10 Å². The summed E-state index contributed by atoms with van der Waals surface area (Å²) in [5.41, 5.74) is 2.13. The van der Waals surface area contributed by atoms with E-state index in [1.54, 1.807) is 18.2 Å². The number of esters is 1. The minimum Gasteiger partial charge on any atom is -0.456 e. The van der Waals surface area contributed by atoms with Crippen molar-refractivity contribution in [2.45, 2.75) is 13.5 Å². The first-order valence-corrected chi connectivity index (χ1v) is 8.24. The van der Waals surface area contributed by atoms with E-state index in [0.29, 0.717) is 26.9 Å². The van der Waals surface area contributed by atoms with Gasteiger partial charge in [-0.1, -0.05) is 29.8 Å². The van der Waals surface area contributed by atoms with Crippen LogP contribution in [0.15, 0.2) is 51.7 Å². The number of fused-ring (bicyclic) bond motifs is 2. The lowest BCUT2D eigenvalue weighted by Gasteiger charge is -2.08. The Kier molecular flexibility index (Phi) is 3.97. The van der Waals surface area contributed by atoms with Gasteiger partial charge in [-0.15, -0.1) is 0 Å². The molecule has 0 amide bonds. The molecule has 0 aliphatic carbocycles. The third kappa shape index (κ3) is 2.84. The monoisotopic (exact) mass is 368 g/mol. The average Bonchev–Trinajstić information content (AvgIpc) is 3.05. The largest absolute Gasteiger partial charge is 0.456 e. The SMILES string of the molecule is Cc1cc2oc(=O)cc(COC(=O)c3n[nH]c4ccccc34)c2cc1Cl. The van der Waals surface area contributed by atoms with Crippen molar-refractivity contribution < 1.29 is 13.9 Å². The molecule has 0 saturated heterocycles. The van der Waals surface area contributed by atoms with E-state index in [0.717, 1.165) is 11.1 Å². The molecule has 0 fully saturated rings. The molecule has 0 aliphatic rings. The molecule has 0 bridgehead atoms. The lowest BCUT2D eigenvalue weighted by Crippen LogP contribution is -2.08. The highest BCUT2D eigenvalue weighted by Crippen LogP contribution is 2.26. The molecule has 130 valence electrons. The van der Waals surface area contributed by atoms with E-state index in [1.807, 2.05) is 25.1 Å². The summed E-state index contributed by atoms with van der Waals surface area (Å²) in [5, 5.41) is 8.64. The smallest absolute Gasteiger partial charge is 0.359 e. The number of para-hydroxylation sites is 1. The fraction of sp³-hybridized carbons (Fsp3) is 0.105. The van der Waals surface area contributed by atoms with Crippen LogP contribution in [0.4, 0.5) is 0 Å². The summed E-state index contributed by atoms with van der Waals surface area (Å²) in [4.78, 5) is 24.2. The molecule has 2 heterocycles. The Morgan fingerprint density at radius 3 is 2.88 bits per heavy atom. The predicted molar refractivity (Wildman–Crippen MR) is 97.4 cm³/mol. The van der Waals surface area contributed by atoms with Crippen LogP contribution in [-0.2, 0) is 11.3 Å². The average molecular weight is 369 g/mol. The number of aromatic nitrogens is 2. The second kappa shape index (κ2) is 6.31. The van der Waals surface area contributed by atoms with Gasteiger partial charge in [0.15, 0.2) is 5.69 Å². The van der Waals surface area contributed by atoms with Crippen molar-refractivity contribution in [3.63, 3.8) is 0 Å². The molecule has 6 nitrogen and oxygen atoms in total. The Morgan fingerprint density at radius 1 is 1.23 bits per heavy atom. The van der Waals surface area contributed by atoms with E-state index in [9.17, 15) is 9.59 Å². The van der Waals surface area contributed by atoms with Crippen LogP contribution < -0.4 is 5.63 Å². The van der Waals surface area contributed by atoms with Crippen molar-refractivity contribution in [3.8, 4) is 0 Å². The number of hydrogen-bond acceptors (Lipinski definition) is 5. The number of nitrogens with one attached hydrogen (secondary N) is 1. The number of rotatable bonds is 3. The zero-order valence-electron chi connectivity index (χ0n) is 13.7. The van der Waals surface area contributed by atoms with Gasteiger partial charge in [0.25, 0.3) is 0 Å². The second-order valence-corrected chi connectivity index (χ2v) is 6.29. The molecule has 4 rings (SSSR count). The van der Waals surface area contributed by atoms with Crippen LogP contribution in [0, 0.1) is 6.92 Å². The zero-order valence-corrected chi connectivity index (χ0v) is 14.5. The summed E-state index contributed by atoms with van der Waals surface area (Å²) in [5.74, 6) is -0.581.